The number of aromatic amines is 1. The van der Waals surface area contributed by atoms with Crippen LogP contribution >= 0.6 is 0 Å². The molecule has 1 N–H and O–H groups in total. The summed E-state index contributed by atoms with van der Waals surface area (Å²) in [6.45, 7) is 8.04. The lowest BCUT2D eigenvalue weighted by Crippen LogP contribution is -2.20. The van der Waals surface area contributed by atoms with Gasteiger partial charge in [-0.05, 0) is 44.9 Å². The van der Waals surface area contributed by atoms with Crippen LogP contribution in [0.15, 0.2) is 29.9 Å². The summed E-state index contributed by atoms with van der Waals surface area (Å²) in [5, 5.41) is 2.33. The molecule has 1 heterocycles. The van der Waals surface area contributed by atoms with E-state index in [0.29, 0.717) is 0 Å². The molecule has 1 nitrogen and oxygen atoms in total. The van der Waals surface area contributed by atoms with Gasteiger partial charge in [0.1, 0.15) is 0 Å². The summed E-state index contributed by atoms with van der Waals surface area (Å²) in [5.74, 6) is 6.29. The molecule has 0 fully saturated rings. The third-order valence-electron chi connectivity index (χ3n) is 2.48. The largest absolute Gasteiger partial charge is 0.348 e. The van der Waals surface area contributed by atoms with Crippen molar-refractivity contribution in [2.45, 2.75) is 27.7 Å². The minimum absolute atomic E-state index is 0.954. The van der Waals surface area contributed by atoms with Gasteiger partial charge < -0.3 is 4.98 Å². The van der Waals surface area contributed by atoms with Crippen molar-refractivity contribution < 1.29 is 0 Å². The van der Waals surface area contributed by atoms with E-state index in [2.05, 4.69) is 35.0 Å². The molecule has 17 heavy (non-hydrogen) atoms. The SMILES string of the molecule is C/C=C\C(C#Cc1cc(=C/C)/c(=C\C)[nH]1)=C/C. The Balaban J connectivity index is 3.14. The topological polar surface area (TPSA) is 15.8 Å². The van der Waals surface area contributed by atoms with Crippen LogP contribution in [0.1, 0.15) is 33.4 Å². The minimum Gasteiger partial charge on any atom is -0.348 e. The lowest BCUT2D eigenvalue weighted by Gasteiger charge is -1.85. The molecule has 0 aliphatic rings. The highest BCUT2D eigenvalue weighted by Crippen LogP contribution is 1.94. The number of rotatable bonds is 1. The fraction of sp³-hybridized carbons (Fsp3) is 0.250. The Morgan fingerprint density at radius 1 is 1.18 bits per heavy atom. The molecule has 0 radical (unpaired) electrons. The van der Waals surface area contributed by atoms with Gasteiger partial charge in [-0.2, -0.15) is 0 Å². The Morgan fingerprint density at radius 2 is 1.94 bits per heavy atom. The zero-order valence-electron chi connectivity index (χ0n) is 11.0. The van der Waals surface area contributed by atoms with Crippen molar-refractivity contribution in [3.8, 4) is 11.8 Å². The highest BCUT2D eigenvalue weighted by Gasteiger charge is 1.91. The standard InChI is InChI=1S/C16H19N/c1-5-9-13(6-2)10-11-15-12-14(7-3)16(8-4)17-15/h5-9,12,17H,1-4H3/b9-5-,13-6+,14-7-,16-8+. The van der Waals surface area contributed by atoms with E-state index in [1.807, 2.05) is 45.9 Å². The molecule has 0 amide bonds. The number of nitrogens with one attached hydrogen (secondary N) is 1. The van der Waals surface area contributed by atoms with Gasteiger partial charge in [0.2, 0.25) is 0 Å². The van der Waals surface area contributed by atoms with Gasteiger partial charge in [-0.15, -0.1) is 0 Å². The van der Waals surface area contributed by atoms with Crippen molar-refractivity contribution in [2.75, 3.05) is 0 Å². The predicted octanol–water partition coefficient (Wildman–Crippen LogP) is 2.49. The lowest BCUT2D eigenvalue weighted by atomic mass is 10.2. The molecular weight excluding hydrogens is 206 g/mol. The van der Waals surface area contributed by atoms with Crippen LogP contribution in [0.25, 0.3) is 12.2 Å². The zero-order chi connectivity index (χ0) is 12.7. The van der Waals surface area contributed by atoms with E-state index in [-0.39, 0.29) is 0 Å². The summed E-state index contributed by atoms with van der Waals surface area (Å²) in [7, 11) is 0. The predicted molar refractivity (Wildman–Crippen MR) is 75.8 cm³/mol. The third kappa shape index (κ3) is 3.53. The van der Waals surface area contributed by atoms with Crippen LogP contribution in [0.5, 0.6) is 0 Å². The van der Waals surface area contributed by atoms with Gasteiger partial charge in [-0.1, -0.05) is 36.3 Å². The Morgan fingerprint density at radius 3 is 2.41 bits per heavy atom. The van der Waals surface area contributed by atoms with E-state index < -0.39 is 0 Å². The van der Waals surface area contributed by atoms with Crippen LogP contribution in [-0.4, -0.2) is 4.98 Å². The zero-order valence-corrected chi connectivity index (χ0v) is 11.0. The fourth-order valence-corrected chi connectivity index (χ4v) is 1.56. The molecule has 1 rings (SSSR count). The van der Waals surface area contributed by atoms with E-state index >= 15 is 0 Å². The molecule has 0 saturated carbocycles. The van der Waals surface area contributed by atoms with E-state index in [1.165, 1.54) is 5.22 Å². The van der Waals surface area contributed by atoms with Crippen LogP contribution in [0.3, 0.4) is 0 Å². The molecule has 0 aliphatic heterocycles. The van der Waals surface area contributed by atoms with Gasteiger partial charge in [-0.3, -0.25) is 0 Å². The number of allylic oxidation sites excluding steroid dienone is 4. The van der Waals surface area contributed by atoms with Crippen molar-refractivity contribution in [3.63, 3.8) is 0 Å². The van der Waals surface area contributed by atoms with Crippen molar-refractivity contribution in [1.82, 2.24) is 4.98 Å². The number of hydrogen-bond donors (Lipinski definition) is 1. The van der Waals surface area contributed by atoms with E-state index in [0.717, 1.165) is 16.6 Å². The molecule has 0 bridgehead atoms. The Bertz CT molecular complexity index is 567. The maximum absolute atomic E-state index is 3.29. The van der Waals surface area contributed by atoms with Gasteiger partial charge >= 0.3 is 0 Å². The molecule has 1 aromatic rings. The number of hydrogen-bond acceptors (Lipinski definition) is 0. The van der Waals surface area contributed by atoms with Crippen LogP contribution < -0.4 is 10.6 Å². The summed E-state index contributed by atoms with van der Waals surface area (Å²) >= 11 is 0. The van der Waals surface area contributed by atoms with Crippen molar-refractivity contribution >= 4 is 12.2 Å². The molecule has 0 aromatic carbocycles. The van der Waals surface area contributed by atoms with Crippen LogP contribution in [0.4, 0.5) is 0 Å². The fourth-order valence-electron chi connectivity index (χ4n) is 1.56. The van der Waals surface area contributed by atoms with Crippen molar-refractivity contribution in [3.05, 3.63) is 46.1 Å². The monoisotopic (exact) mass is 225 g/mol. The van der Waals surface area contributed by atoms with Gasteiger partial charge in [0.25, 0.3) is 0 Å². The van der Waals surface area contributed by atoms with Crippen molar-refractivity contribution in [1.29, 1.82) is 0 Å². The summed E-state index contributed by atoms with van der Waals surface area (Å²) in [5.41, 5.74) is 1.99. The third-order valence-corrected chi connectivity index (χ3v) is 2.48. The second kappa shape index (κ2) is 6.60. The first-order valence-corrected chi connectivity index (χ1v) is 5.87. The highest BCUT2D eigenvalue weighted by molar-refractivity contribution is 5.44. The Labute approximate surface area is 103 Å². The molecular formula is C16H19N. The van der Waals surface area contributed by atoms with Crippen LogP contribution in [0.2, 0.25) is 0 Å². The first kappa shape index (κ1) is 13.1. The maximum atomic E-state index is 3.29. The Kier molecular flexibility index (Phi) is 5.10. The molecule has 1 heteroatoms. The van der Waals surface area contributed by atoms with Crippen LogP contribution in [-0.2, 0) is 0 Å². The first-order chi connectivity index (χ1) is 8.24. The van der Waals surface area contributed by atoms with Gasteiger partial charge in [0.05, 0.1) is 5.69 Å². The molecule has 88 valence electrons. The van der Waals surface area contributed by atoms with E-state index in [4.69, 9.17) is 0 Å². The van der Waals surface area contributed by atoms with E-state index in [9.17, 15) is 0 Å². The molecule has 0 atom stereocenters. The maximum Gasteiger partial charge on any atom is 0.0907 e. The van der Waals surface area contributed by atoms with Gasteiger partial charge in [0, 0.05) is 10.9 Å². The average Bonchev–Trinajstić information content (AvgIpc) is 2.76. The summed E-state index contributed by atoms with van der Waals surface area (Å²) < 4.78 is 0. The number of H-pyrrole nitrogens is 1. The molecule has 0 spiro atoms. The smallest absolute Gasteiger partial charge is 0.0907 e. The molecule has 0 saturated heterocycles. The van der Waals surface area contributed by atoms with Crippen LogP contribution in [0, 0.1) is 11.8 Å². The molecule has 1 aromatic heterocycles. The number of aromatic nitrogens is 1. The highest BCUT2D eigenvalue weighted by atomic mass is 14.7. The second-order valence-corrected chi connectivity index (χ2v) is 3.62. The lowest BCUT2D eigenvalue weighted by molar-refractivity contribution is 1.28. The van der Waals surface area contributed by atoms with Gasteiger partial charge in [-0.25, -0.2) is 0 Å². The summed E-state index contributed by atoms with van der Waals surface area (Å²) in [6.07, 6.45) is 10.2. The average molecular weight is 225 g/mol. The normalized spacial score (nSPS) is 14.2. The summed E-state index contributed by atoms with van der Waals surface area (Å²) in [4.78, 5) is 3.29. The second-order valence-electron chi connectivity index (χ2n) is 3.62. The molecule has 0 aliphatic carbocycles. The van der Waals surface area contributed by atoms with Gasteiger partial charge in [0.15, 0.2) is 0 Å². The quantitative estimate of drug-likeness (QED) is 0.558. The molecule has 0 unspecified atom stereocenters. The summed E-state index contributed by atoms with van der Waals surface area (Å²) in [6, 6.07) is 2.07. The first-order valence-electron chi connectivity index (χ1n) is 5.87. The Hall–Kier alpha value is -1.94. The minimum atomic E-state index is 0.954. The van der Waals surface area contributed by atoms with E-state index in [1.54, 1.807) is 0 Å². The van der Waals surface area contributed by atoms with Crippen molar-refractivity contribution in [2.24, 2.45) is 0 Å².